The molecule has 0 amide bonds. The Bertz CT molecular complexity index is 406. The molecule has 1 unspecified atom stereocenters. The molecule has 0 fully saturated rings. The zero-order valence-corrected chi connectivity index (χ0v) is 10.7. The maximum atomic E-state index is 10.6. The van der Waals surface area contributed by atoms with Crippen LogP contribution >= 0.6 is 0 Å². The van der Waals surface area contributed by atoms with E-state index in [9.17, 15) is 4.79 Å². The third kappa shape index (κ3) is 3.92. The number of carboxylic acid groups (broad SMARTS) is 1. The second kappa shape index (κ2) is 6.86. The SMILES string of the molecule is CCC(N)Cc1cccc(OC)c1OCC(=O)O. The number of carboxylic acids is 1. The van der Waals surface area contributed by atoms with E-state index in [1.54, 1.807) is 6.07 Å². The molecule has 0 bridgehead atoms. The summed E-state index contributed by atoms with van der Waals surface area (Å²) in [6.45, 7) is 1.61. The lowest BCUT2D eigenvalue weighted by molar-refractivity contribution is -0.139. The zero-order valence-electron chi connectivity index (χ0n) is 10.7. The van der Waals surface area contributed by atoms with Gasteiger partial charge in [0.2, 0.25) is 0 Å². The van der Waals surface area contributed by atoms with Crippen molar-refractivity contribution >= 4 is 5.97 Å². The lowest BCUT2D eigenvalue weighted by atomic mass is 10.0. The molecule has 0 saturated carbocycles. The monoisotopic (exact) mass is 253 g/mol. The number of para-hydroxylation sites is 1. The standard InChI is InChI=1S/C13H19NO4/c1-3-10(14)7-9-5-4-6-11(17-2)13(9)18-8-12(15)16/h4-6,10H,3,7-8,14H2,1-2H3,(H,15,16). The Hall–Kier alpha value is -1.75. The lowest BCUT2D eigenvalue weighted by Gasteiger charge is -2.16. The number of carbonyl (C=O) groups is 1. The van der Waals surface area contributed by atoms with Crippen molar-refractivity contribution in [2.45, 2.75) is 25.8 Å². The predicted octanol–water partition coefficient (Wildman–Crippen LogP) is 1.44. The molecule has 18 heavy (non-hydrogen) atoms. The first-order valence-corrected chi connectivity index (χ1v) is 5.84. The summed E-state index contributed by atoms with van der Waals surface area (Å²) in [6, 6.07) is 5.46. The van der Waals surface area contributed by atoms with Gasteiger partial charge < -0.3 is 20.3 Å². The molecule has 1 aromatic rings. The third-order valence-corrected chi connectivity index (χ3v) is 2.63. The number of benzene rings is 1. The number of methoxy groups -OCH3 is 1. The fraction of sp³-hybridized carbons (Fsp3) is 0.462. The Kier molecular flexibility index (Phi) is 5.45. The summed E-state index contributed by atoms with van der Waals surface area (Å²) >= 11 is 0. The van der Waals surface area contributed by atoms with Crippen LogP contribution in [0.25, 0.3) is 0 Å². The van der Waals surface area contributed by atoms with Crippen LogP contribution in [0, 0.1) is 0 Å². The minimum Gasteiger partial charge on any atom is -0.493 e. The highest BCUT2D eigenvalue weighted by atomic mass is 16.5. The van der Waals surface area contributed by atoms with Gasteiger partial charge in [-0.1, -0.05) is 19.1 Å². The molecular weight excluding hydrogens is 234 g/mol. The summed E-state index contributed by atoms with van der Waals surface area (Å²) in [7, 11) is 1.52. The average molecular weight is 253 g/mol. The average Bonchev–Trinajstić information content (AvgIpc) is 2.36. The number of rotatable bonds is 7. The van der Waals surface area contributed by atoms with Crippen LogP contribution in [-0.4, -0.2) is 30.8 Å². The van der Waals surface area contributed by atoms with Crippen LogP contribution in [0.4, 0.5) is 0 Å². The molecule has 100 valence electrons. The number of hydrogen-bond acceptors (Lipinski definition) is 4. The van der Waals surface area contributed by atoms with Gasteiger partial charge in [-0.25, -0.2) is 4.79 Å². The Morgan fingerprint density at radius 1 is 1.50 bits per heavy atom. The topological polar surface area (TPSA) is 81.8 Å². The van der Waals surface area contributed by atoms with E-state index in [-0.39, 0.29) is 6.04 Å². The van der Waals surface area contributed by atoms with Gasteiger partial charge in [-0.15, -0.1) is 0 Å². The summed E-state index contributed by atoms with van der Waals surface area (Å²) in [5.74, 6) is -0.0324. The van der Waals surface area contributed by atoms with Crippen molar-refractivity contribution < 1.29 is 19.4 Å². The van der Waals surface area contributed by atoms with Gasteiger partial charge in [-0.05, 0) is 24.5 Å². The van der Waals surface area contributed by atoms with Gasteiger partial charge in [0, 0.05) is 6.04 Å². The molecule has 0 aromatic heterocycles. The van der Waals surface area contributed by atoms with E-state index in [1.165, 1.54) is 7.11 Å². The van der Waals surface area contributed by atoms with Crippen molar-refractivity contribution in [2.75, 3.05) is 13.7 Å². The van der Waals surface area contributed by atoms with Gasteiger partial charge >= 0.3 is 5.97 Å². The van der Waals surface area contributed by atoms with Gasteiger partial charge in [0.25, 0.3) is 0 Å². The second-order valence-corrected chi connectivity index (χ2v) is 4.00. The molecule has 0 heterocycles. The lowest BCUT2D eigenvalue weighted by Crippen LogP contribution is -2.22. The van der Waals surface area contributed by atoms with Gasteiger partial charge in [0.15, 0.2) is 18.1 Å². The highest BCUT2D eigenvalue weighted by Gasteiger charge is 2.14. The zero-order chi connectivity index (χ0) is 13.5. The summed E-state index contributed by atoms with van der Waals surface area (Å²) < 4.78 is 10.5. The minimum absolute atomic E-state index is 0.0179. The van der Waals surface area contributed by atoms with E-state index in [0.717, 1.165) is 12.0 Å². The molecule has 1 rings (SSSR count). The van der Waals surface area contributed by atoms with Gasteiger partial charge in [0.1, 0.15) is 0 Å². The fourth-order valence-electron chi connectivity index (χ4n) is 1.61. The molecule has 1 aromatic carbocycles. The molecule has 5 nitrogen and oxygen atoms in total. The van der Waals surface area contributed by atoms with Gasteiger partial charge in [0.05, 0.1) is 7.11 Å². The van der Waals surface area contributed by atoms with Crippen molar-refractivity contribution in [1.29, 1.82) is 0 Å². The van der Waals surface area contributed by atoms with Crippen LogP contribution in [0.1, 0.15) is 18.9 Å². The normalized spacial score (nSPS) is 11.9. The maximum absolute atomic E-state index is 10.6. The highest BCUT2D eigenvalue weighted by Crippen LogP contribution is 2.31. The molecule has 5 heteroatoms. The van der Waals surface area contributed by atoms with E-state index in [0.29, 0.717) is 17.9 Å². The summed E-state index contributed by atoms with van der Waals surface area (Å²) in [5, 5.41) is 8.67. The summed E-state index contributed by atoms with van der Waals surface area (Å²) in [6.07, 6.45) is 1.47. The maximum Gasteiger partial charge on any atom is 0.341 e. The van der Waals surface area contributed by atoms with Crippen LogP contribution in [0.3, 0.4) is 0 Å². The Balaban J connectivity index is 2.96. The van der Waals surface area contributed by atoms with Crippen molar-refractivity contribution in [3.63, 3.8) is 0 Å². The quantitative estimate of drug-likeness (QED) is 0.768. The fourth-order valence-corrected chi connectivity index (χ4v) is 1.61. The molecule has 0 aliphatic rings. The van der Waals surface area contributed by atoms with Crippen molar-refractivity contribution in [2.24, 2.45) is 5.73 Å². The van der Waals surface area contributed by atoms with Crippen LogP contribution in [0.2, 0.25) is 0 Å². The first-order valence-electron chi connectivity index (χ1n) is 5.84. The van der Waals surface area contributed by atoms with E-state index in [4.69, 9.17) is 20.3 Å². The van der Waals surface area contributed by atoms with E-state index < -0.39 is 12.6 Å². The Morgan fingerprint density at radius 3 is 2.78 bits per heavy atom. The predicted molar refractivity (Wildman–Crippen MR) is 68.1 cm³/mol. The molecule has 0 aliphatic heterocycles. The molecule has 0 aliphatic carbocycles. The molecule has 0 radical (unpaired) electrons. The molecule has 0 saturated heterocycles. The van der Waals surface area contributed by atoms with Crippen molar-refractivity contribution in [3.05, 3.63) is 23.8 Å². The largest absolute Gasteiger partial charge is 0.493 e. The smallest absolute Gasteiger partial charge is 0.341 e. The highest BCUT2D eigenvalue weighted by molar-refractivity contribution is 5.68. The van der Waals surface area contributed by atoms with Crippen LogP contribution < -0.4 is 15.2 Å². The molecule has 1 atom stereocenters. The number of ether oxygens (including phenoxy) is 2. The first kappa shape index (κ1) is 14.3. The number of nitrogens with two attached hydrogens (primary N) is 1. The number of hydrogen-bond donors (Lipinski definition) is 2. The summed E-state index contributed by atoms with van der Waals surface area (Å²) in [4.78, 5) is 10.6. The molecular formula is C13H19NO4. The van der Waals surface area contributed by atoms with Gasteiger partial charge in [-0.2, -0.15) is 0 Å². The van der Waals surface area contributed by atoms with Crippen molar-refractivity contribution in [1.82, 2.24) is 0 Å². The summed E-state index contributed by atoms with van der Waals surface area (Å²) in [5.41, 5.74) is 6.77. The Labute approximate surface area is 107 Å². The Morgan fingerprint density at radius 2 is 2.22 bits per heavy atom. The third-order valence-electron chi connectivity index (χ3n) is 2.63. The second-order valence-electron chi connectivity index (χ2n) is 4.00. The number of aliphatic carboxylic acids is 1. The van der Waals surface area contributed by atoms with Crippen molar-refractivity contribution in [3.8, 4) is 11.5 Å². The molecule has 3 N–H and O–H groups in total. The minimum atomic E-state index is -1.02. The van der Waals surface area contributed by atoms with Crippen LogP contribution in [-0.2, 0) is 11.2 Å². The van der Waals surface area contributed by atoms with E-state index >= 15 is 0 Å². The van der Waals surface area contributed by atoms with Gasteiger partial charge in [-0.3, -0.25) is 0 Å². The van der Waals surface area contributed by atoms with E-state index in [2.05, 4.69) is 0 Å². The first-order chi connectivity index (χ1) is 8.58. The molecule has 0 spiro atoms. The van der Waals surface area contributed by atoms with E-state index in [1.807, 2.05) is 19.1 Å². The van der Waals surface area contributed by atoms with Crippen LogP contribution in [0.15, 0.2) is 18.2 Å². The van der Waals surface area contributed by atoms with Crippen LogP contribution in [0.5, 0.6) is 11.5 Å².